The van der Waals surface area contributed by atoms with Gasteiger partial charge in [0.2, 0.25) is 0 Å². The molecule has 2 aliphatic carbocycles. The number of aliphatic hydroxyl groups is 1. The van der Waals surface area contributed by atoms with Gasteiger partial charge in [0, 0.05) is 24.0 Å². The molecule has 7 nitrogen and oxygen atoms in total. The van der Waals surface area contributed by atoms with Crippen LogP contribution in [-0.4, -0.2) is 48.4 Å². The first-order valence-electron chi connectivity index (χ1n) is 10.3. The lowest BCUT2D eigenvalue weighted by Crippen LogP contribution is -2.58. The van der Waals surface area contributed by atoms with Gasteiger partial charge in [-0.25, -0.2) is 9.59 Å². The second-order valence-corrected chi connectivity index (χ2v) is 9.23. The van der Waals surface area contributed by atoms with E-state index in [1.54, 1.807) is 12.2 Å². The number of hydrogen-bond acceptors (Lipinski definition) is 7. The van der Waals surface area contributed by atoms with Gasteiger partial charge in [-0.05, 0) is 54.6 Å². The van der Waals surface area contributed by atoms with Crippen molar-refractivity contribution in [3.8, 4) is 0 Å². The van der Waals surface area contributed by atoms with Crippen molar-refractivity contribution >= 4 is 17.9 Å². The zero-order chi connectivity index (χ0) is 21.0. The Balaban J connectivity index is 1.72. The Labute approximate surface area is 170 Å². The molecule has 1 spiro atoms. The summed E-state index contributed by atoms with van der Waals surface area (Å²) in [5, 5.41) is 10.5. The molecule has 0 radical (unpaired) electrons. The van der Waals surface area contributed by atoms with Crippen molar-refractivity contribution in [2.75, 3.05) is 13.2 Å². The number of hydrogen-bond donors (Lipinski definition) is 1. The van der Waals surface area contributed by atoms with Gasteiger partial charge in [0.15, 0.2) is 0 Å². The first-order valence-corrected chi connectivity index (χ1v) is 10.3. The van der Waals surface area contributed by atoms with Crippen LogP contribution in [0.5, 0.6) is 0 Å². The normalized spacial score (nSPS) is 41.0. The zero-order valence-corrected chi connectivity index (χ0v) is 17.1. The largest absolute Gasteiger partial charge is 0.462 e. The van der Waals surface area contributed by atoms with Crippen LogP contribution in [0.3, 0.4) is 0 Å². The van der Waals surface area contributed by atoms with Gasteiger partial charge in [0.25, 0.3) is 0 Å². The third-order valence-electron chi connectivity index (χ3n) is 7.70. The van der Waals surface area contributed by atoms with E-state index in [1.807, 2.05) is 0 Å². The Morgan fingerprint density at radius 3 is 2.76 bits per heavy atom. The van der Waals surface area contributed by atoms with Gasteiger partial charge in [0.1, 0.15) is 19.3 Å². The van der Waals surface area contributed by atoms with Gasteiger partial charge in [-0.3, -0.25) is 4.79 Å². The molecule has 0 aromatic rings. The van der Waals surface area contributed by atoms with Crippen LogP contribution in [0, 0.1) is 22.7 Å². The molecule has 1 N–H and O–H groups in total. The predicted octanol–water partition coefficient (Wildman–Crippen LogP) is 2.08. The smallest absolute Gasteiger partial charge is 0.334 e. The lowest BCUT2D eigenvalue weighted by atomic mass is 9.45. The van der Waals surface area contributed by atoms with E-state index >= 15 is 0 Å². The fraction of sp³-hybridized carbons (Fsp3) is 0.682. The molecule has 0 amide bonds. The third-order valence-corrected chi connectivity index (χ3v) is 7.70. The molecule has 4 aliphatic rings. The fourth-order valence-electron chi connectivity index (χ4n) is 6.04. The van der Waals surface area contributed by atoms with Crippen molar-refractivity contribution in [1.82, 2.24) is 0 Å². The van der Waals surface area contributed by atoms with E-state index in [0.717, 1.165) is 12.0 Å². The molecule has 1 saturated carbocycles. The molecule has 158 valence electrons. The topological polar surface area (TPSA) is 99.1 Å². The molecule has 2 heterocycles. The number of cyclic esters (lactones) is 2. The van der Waals surface area contributed by atoms with Crippen LogP contribution in [0.2, 0.25) is 0 Å². The summed E-state index contributed by atoms with van der Waals surface area (Å²) in [4.78, 5) is 35.7. The molecule has 0 bridgehead atoms. The van der Waals surface area contributed by atoms with Crippen LogP contribution in [0.25, 0.3) is 0 Å². The Bertz CT molecular complexity index is 812. The molecular weight excluding hydrogens is 376 g/mol. The first kappa shape index (κ1) is 20.1. The van der Waals surface area contributed by atoms with E-state index in [-0.39, 0.29) is 47.9 Å². The molecule has 6 atom stereocenters. The van der Waals surface area contributed by atoms with Crippen LogP contribution < -0.4 is 0 Å². The average molecular weight is 404 g/mol. The molecule has 4 rings (SSSR count). The van der Waals surface area contributed by atoms with Crippen LogP contribution in [0.4, 0.5) is 0 Å². The highest BCUT2D eigenvalue weighted by Gasteiger charge is 2.64. The minimum absolute atomic E-state index is 0.00289. The molecule has 1 saturated heterocycles. The Hall–Kier alpha value is -2.15. The van der Waals surface area contributed by atoms with Crippen molar-refractivity contribution in [1.29, 1.82) is 0 Å². The summed E-state index contributed by atoms with van der Waals surface area (Å²) in [7, 11) is 0. The highest BCUT2D eigenvalue weighted by atomic mass is 16.6. The summed E-state index contributed by atoms with van der Waals surface area (Å²) in [5.41, 5.74) is 0.570. The maximum atomic E-state index is 12.5. The number of aliphatic hydroxyl groups excluding tert-OH is 1. The first-order chi connectivity index (χ1) is 13.7. The highest BCUT2D eigenvalue weighted by Crippen LogP contribution is 2.64. The van der Waals surface area contributed by atoms with Crippen LogP contribution >= 0.6 is 0 Å². The summed E-state index contributed by atoms with van der Waals surface area (Å²) >= 11 is 0. The lowest BCUT2D eigenvalue weighted by Gasteiger charge is -2.59. The standard InChI is InChI=1S/C22H28O7/c1-12-17(29-13(2)23)9-22-11-28-20(26)16(22)7-15(24)8-18(22)21(12,3)5-4-14-6-19(25)27-10-14/h6-7,12,15,17-18,24H,4-5,8-11H2,1-3H3/t12-,15-,17-,18-,21+,22-/m1/s1. The molecule has 29 heavy (non-hydrogen) atoms. The molecule has 0 aromatic heterocycles. The summed E-state index contributed by atoms with van der Waals surface area (Å²) in [6.45, 7) is 6.18. The molecular formula is C22H28O7. The molecule has 2 aliphatic heterocycles. The number of carbonyl (C=O) groups is 3. The van der Waals surface area contributed by atoms with Crippen molar-refractivity contribution in [2.45, 2.75) is 58.7 Å². The van der Waals surface area contributed by atoms with Crippen LogP contribution in [0.15, 0.2) is 23.3 Å². The number of rotatable bonds is 4. The minimum Gasteiger partial charge on any atom is -0.462 e. The van der Waals surface area contributed by atoms with E-state index in [9.17, 15) is 19.5 Å². The Kier molecular flexibility index (Phi) is 4.84. The highest BCUT2D eigenvalue weighted by molar-refractivity contribution is 5.93. The molecule has 7 heteroatoms. The number of carbonyl (C=O) groups excluding carboxylic acids is 3. The maximum absolute atomic E-state index is 12.5. The summed E-state index contributed by atoms with van der Waals surface area (Å²) in [6.07, 6.45) is 4.56. The minimum atomic E-state index is -0.707. The third kappa shape index (κ3) is 3.19. The van der Waals surface area contributed by atoms with E-state index in [2.05, 4.69) is 13.8 Å². The van der Waals surface area contributed by atoms with E-state index in [4.69, 9.17) is 14.2 Å². The lowest BCUT2D eigenvalue weighted by molar-refractivity contribution is -0.175. The van der Waals surface area contributed by atoms with Crippen LogP contribution in [0.1, 0.15) is 46.5 Å². The Morgan fingerprint density at radius 1 is 1.34 bits per heavy atom. The van der Waals surface area contributed by atoms with Crippen LogP contribution in [-0.2, 0) is 28.6 Å². The van der Waals surface area contributed by atoms with Crippen molar-refractivity contribution in [3.05, 3.63) is 23.3 Å². The zero-order valence-electron chi connectivity index (χ0n) is 17.1. The van der Waals surface area contributed by atoms with E-state index < -0.39 is 11.5 Å². The molecule has 2 fully saturated rings. The second kappa shape index (κ2) is 6.97. The van der Waals surface area contributed by atoms with Gasteiger partial charge in [-0.2, -0.15) is 0 Å². The SMILES string of the molecule is CC(=O)O[C@@H]1C[C@@]23COC(=O)C2=C[C@@H](O)C[C@@H]3[C@@](C)(CCC2=CC(=O)OC2)[C@@H]1C. The number of esters is 3. The quantitative estimate of drug-likeness (QED) is 0.566. The number of ether oxygens (including phenoxy) is 3. The van der Waals surface area contributed by atoms with E-state index in [0.29, 0.717) is 31.4 Å². The predicted molar refractivity (Wildman–Crippen MR) is 101 cm³/mol. The monoisotopic (exact) mass is 404 g/mol. The maximum Gasteiger partial charge on any atom is 0.334 e. The second-order valence-electron chi connectivity index (χ2n) is 9.23. The Morgan fingerprint density at radius 2 is 2.10 bits per heavy atom. The van der Waals surface area contributed by atoms with Gasteiger partial charge < -0.3 is 19.3 Å². The average Bonchev–Trinajstić information content (AvgIpc) is 3.21. The van der Waals surface area contributed by atoms with Gasteiger partial charge in [0.05, 0.1) is 6.10 Å². The summed E-state index contributed by atoms with van der Waals surface area (Å²) in [6, 6.07) is 0. The van der Waals surface area contributed by atoms with Crippen molar-refractivity contribution in [2.24, 2.45) is 22.7 Å². The van der Waals surface area contributed by atoms with Gasteiger partial charge >= 0.3 is 17.9 Å². The van der Waals surface area contributed by atoms with Crippen molar-refractivity contribution < 1.29 is 33.7 Å². The molecule has 0 aromatic carbocycles. The van der Waals surface area contributed by atoms with Gasteiger partial charge in [-0.1, -0.05) is 13.8 Å². The molecule has 0 unspecified atom stereocenters. The van der Waals surface area contributed by atoms with Crippen molar-refractivity contribution in [3.63, 3.8) is 0 Å². The van der Waals surface area contributed by atoms with E-state index in [1.165, 1.54) is 6.92 Å². The fourth-order valence-corrected chi connectivity index (χ4v) is 6.04. The summed E-state index contributed by atoms with van der Waals surface area (Å²) < 4.78 is 16.2. The summed E-state index contributed by atoms with van der Waals surface area (Å²) in [5.74, 6) is -1.03. The van der Waals surface area contributed by atoms with Gasteiger partial charge in [-0.15, -0.1) is 0 Å².